The number of aliphatic imine (C=N–C) groups is 1. The molecule has 2 saturated heterocycles. The molecule has 162 valence electrons. The van der Waals surface area contributed by atoms with Gasteiger partial charge in [-0.1, -0.05) is 18.2 Å². The van der Waals surface area contributed by atoms with Crippen LogP contribution in [0.3, 0.4) is 0 Å². The number of nitrogens with zero attached hydrogens (tertiary/aromatic N) is 2. The fourth-order valence-corrected chi connectivity index (χ4v) is 3.50. The number of guanidine groups is 1. The first-order valence-corrected chi connectivity index (χ1v) is 10.3. The zero-order valence-electron chi connectivity index (χ0n) is 17.1. The average Bonchev–Trinajstić information content (AvgIpc) is 3.35. The molecule has 0 aliphatic carbocycles. The third kappa shape index (κ3) is 7.75. The molecule has 29 heavy (non-hydrogen) atoms. The summed E-state index contributed by atoms with van der Waals surface area (Å²) < 4.78 is 11.1. The highest BCUT2D eigenvalue weighted by atomic mass is 127. The van der Waals surface area contributed by atoms with Gasteiger partial charge in [0.25, 0.3) is 0 Å². The lowest BCUT2D eigenvalue weighted by Crippen LogP contribution is -2.44. The van der Waals surface area contributed by atoms with E-state index in [1.165, 1.54) is 0 Å². The van der Waals surface area contributed by atoms with Gasteiger partial charge in [-0.3, -0.25) is 9.79 Å². The summed E-state index contributed by atoms with van der Waals surface area (Å²) in [7, 11) is 0. The van der Waals surface area contributed by atoms with Gasteiger partial charge in [-0.25, -0.2) is 0 Å². The molecule has 2 fully saturated rings. The van der Waals surface area contributed by atoms with E-state index in [2.05, 4.69) is 15.6 Å². The summed E-state index contributed by atoms with van der Waals surface area (Å²) in [4.78, 5) is 18.8. The Morgan fingerprint density at radius 1 is 1.34 bits per heavy atom. The van der Waals surface area contributed by atoms with E-state index < -0.39 is 0 Å². The molecule has 8 heteroatoms. The molecule has 2 N–H and O–H groups in total. The number of halogens is 1. The molecule has 0 bridgehead atoms. The maximum Gasteiger partial charge on any atom is 0.229 e. The summed E-state index contributed by atoms with van der Waals surface area (Å²) >= 11 is 0. The number of ether oxygens (including phenoxy) is 2. The number of benzene rings is 1. The quantitative estimate of drug-likeness (QED) is 0.228. The van der Waals surface area contributed by atoms with Crippen molar-refractivity contribution < 1.29 is 14.3 Å². The monoisotopic (exact) mass is 516 g/mol. The van der Waals surface area contributed by atoms with Crippen LogP contribution in [0.1, 0.15) is 26.2 Å². The fourth-order valence-electron chi connectivity index (χ4n) is 3.50. The molecule has 0 saturated carbocycles. The van der Waals surface area contributed by atoms with Crippen LogP contribution in [0.15, 0.2) is 35.3 Å². The number of nitrogens with one attached hydrogen (secondary N) is 2. The van der Waals surface area contributed by atoms with Crippen LogP contribution >= 0.6 is 24.0 Å². The fraction of sp³-hybridized carbons (Fsp3) is 0.619. The van der Waals surface area contributed by atoms with Gasteiger partial charge in [-0.2, -0.15) is 0 Å². The van der Waals surface area contributed by atoms with Crippen LogP contribution < -0.4 is 15.5 Å². The topological polar surface area (TPSA) is 75.2 Å². The van der Waals surface area contributed by atoms with Crippen molar-refractivity contribution in [2.24, 2.45) is 10.9 Å². The SMILES string of the molecule is CCNC(=NCCCOCC1CCOC1)NC1CC(=O)N(c2ccccc2)C1.I. The van der Waals surface area contributed by atoms with E-state index in [4.69, 9.17) is 9.47 Å². The van der Waals surface area contributed by atoms with Gasteiger partial charge in [0.15, 0.2) is 5.96 Å². The summed E-state index contributed by atoms with van der Waals surface area (Å²) in [6.45, 7) is 7.35. The van der Waals surface area contributed by atoms with E-state index in [1.807, 2.05) is 42.2 Å². The van der Waals surface area contributed by atoms with Crippen molar-refractivity contribution in [3.8, 4) is 0 Å². The number of hydrogen-bond acceptors (Lipinski definition) is 4. The Balaban J connectivity index is 0.00000300. The molecule has 2 heterocycles. The Morgan fingerprint density at radius 3 is 2.90 bits per heavy atom. The lowest BCUT2D eigenvalue weighted by atomic mass is 10.1. The van der Waals surface area contributed by atoms with E-state index in [-0.39, 0.29) is 35.9 Å². The second kappa shape index (κ2) is 13.0. The lowest BCUT2D eigenvalue weighted by Gasteiger charge is -2.19. The molecular formula is C21H33IN4O3. The lowest BCUT2D eigenvalue weighted by molar-refractivity contribution is -0.117. The number of anilines is 1. The van der Waals surface area contributed by atoms with Gasteiger partial charge in [0.2, 0.25) is 5.91 Å². The Bertz CT molecular complexity index is 638. The van der Waals surface area contributed by atoms with Gasteiger partial charge in [-0.05, 0) is 31.9 Å². The summed E-state index contributed by atoms with van der Waals surface area (Å²) in [5.74, 6) is 1.46. The number of amides is 1. The second-order valence-corrected chi connectivity index (χ2v) is 7.30. The van der Waals surface area contributed by atoms with Gasteiger partial charge in [0.1, 0.15) is 0 Å². The first kappa shape index (κ1) is 23.9. The minimum absolute atomic E-state index is 0. The van der Waals surface area contributed by atoms with Gasteiger partial charge in [0.05, 0.1) is 19.3 Å². The highest BCUT2D eigenvalue weighted by Crippen LogP contribution is 2.20. The van der Waals surface area contributed by atoms with Crippen molar-refractivity contribution in [1.29, 1.82) is 0 Å². The Kier molecular flexibility index (Phi) is 10.7. The van der Waals surface area contributed by atoms with Crippen molar-refractivity contribution >= 4 is 41.5 Å². The van der Waals surface area contributed by atoms with Crippen molar-refractivity contribution in [2.45, 2.75) is 32.2 Å². The summed E-state index contributed by atoms with van der Waals surface area (Å²) in [6, 6.07) is 9.87. The molecule has 3 rings (SSSR count). The molecule has 0 aromatic heterocycles. The van der Waals surface area contributed by atoms with E-state index in [0.29, 0.717) is 32.0 Å². The van der Waals surface area contributed by atoms with Crippen molar-refractivity contribution in [3.63, 3.8) is 0 Å². The molecule has 2 aliphatic rings. The molecular weight excluding hydrogens is 483 g/mol. The normalized spacial score (nSPS) is 21.9. The number of hydrogen-bond donors (Lipinski definition) is 2. The van der Waals surface area contributed by atoms with Crippen LogP contribution in [0.5, 0.6) is 0 Å². The Morgan fingerprint density at radius 2 is 2.17 bits per heavy atom. The van der Waals surface area contributed by atoms with Crippen molar-refractivity contribution in [1.82, 2.24) is 10.6 Å². The van der Waals surface area contributed by atoms with Crippen molar-refractivity contribution in [2.75, 3.05) is 51.0 Å². The number of carbonyl (C=O) groups is 1. The molecule has 1 aromatic carbocycles. The zero-order chi connectivity index (χ0) is 19.6. The van der Waals surface area contributed by atoms with Crippen LogP contribution in [0.4, 0.5) is 5.69 Å². The van der Waals surface area contributed by atoms with E-state index in [1.54, 1.807) is 0 Å². The standard InChI is InChI=1S/C21H32N4O3.HI/c1-2-22-21(23-10-6-11-27-15-17-9-12-28-16-17)24-18-13-20(26)25(14-18)19-7-4-3-5-8-19;/h3-5,7-8,17-18H,2,6,9-16H2,1H3,(H2,22,23,24);1H. The molecule has 7 nitrogen and oxygen atoms in total. The molecule has 1 amide bonds. The average molecular weight is 516 g/mol. The van der Waals surface area contributed by atoms with Crippen molar-refractivity contribution in [3.05, 3.63) is 30.3 Å². The minimum atomic E-state index is 0. The zero-order valence-corrected chi connectivity index (χ0v) is 19.5. The molecule has 2 atom stereocenters. The highest BCUT2D eigenvalue weighted by molar-refractivity contribution is 14.0. The highest BCUT2D eigenvalue weighted by Gasteiger charge is 2.31. The number of para-hydroxylation sites is 1. The summed E-state index contributed by atoms with van der Waals surface area (Å²) in [6.07, 6.45) is 2.46. The predicted molar refractivity (Wildman–Crippen MR) is 126 cm³/mol. The van der Waals surface area contributed by atoms with E-state index in [9.17, 15) is 4.79 Å². The van der Waals surface area contributed by atoms with Gasteiger partial charge >= 0.3 is 0 Å². The molecule has 1 aromatic rings. The maximum atomic E-state index is 12.4. The van der Waals surface area contributed by atoms with Crippen LogP contribution in [-0.4, -0.2) is 64.0 Å². The molecule has 0 radical (unpaired) electrons. The minimum Gasteiger partial charge on any atom is -0.381 e. The Hall–Kier alpha value is -1.39. The van der Waals surface area contributed by atoms with Gasteiger partial charge in [0, 0.05) is 50.9 Å². The van der Waals surface area contributed by atoms with Crippen LogP contribution in [0.2, 0.25) is 0 Å². The Labute approximate surface area is 190 Å². The molecule has 2 unspecified atom stereocenters. The smallest absolute Gasteiger partial charge is 0.229 e. The maximum absolute atomic E-state index is 12.4. The summed E-state index contributed by atoms with van der Waals surface area (Å²) in [5, 5.41) is 6.67. The van der Waals surface area contributed by atoms with Crippen LogP contribution in [0, 0.1) is 5.92 Å². The predicted octanol–water partition coefficient (Wildman–Crippen LogP) is 2.41. The molecule has 0 spiro atoms. The first-order valence-electron chi connectivity index (χ1n) is 10.3. The largest absolute Gasteiger partial charge is 0.381 e. The third-order valence-corrected chi connectivity index (χ3v) is 4.97. The molecule has 2 aliphatic heterocycles. The van der Waals surface area contributed by atoms with E-state index >= 15 is 0 Å². The van der Waals surface area contributed by atoms with Gasteiger partial charge < -0.3 is 25.0 Å². The second-order valence-electron chi connectivity index (χ2n) is 7.30. The summed E-state index contributed by atoms with van der Waals surface area (Å²) in [5.41, 5.74) is 0.948. The first-order chi connectivity index (χ1) is 13.8. The van der Waals surface area contributed by atoms with E-state index in [0.717, 1.165) is 50.9 Å². The van der Waals surface area contributed by atoms with Crippen LogP contribution in [-0.2, 0) is 14.3 Å². The van der Waals surface area contributed by atoms with Crippen LogP contribution in [0.25, 0.3) is 0 Å². The van der Waals surface area contributed by atoms with Gasteiger partial charge in [-0.15, -0.1) is 24.0 Å². The number of rotatable bonds is 9. The number of carbonyl (C=O) groups excluding carboxylic acids is 1. The third-order valence-electron chi connectivity index (χ3n) is 4.97.